The third-order valence-electron chi connectivity index (χ3n) is 5.31. The number of halogens is 1. The first-order valence-corrected chi connectivity index (χ1v) is 10.6. The van der Waals surface area contributed by atoms with E-state index in [1.807, 2.05) is 53.4 Å². The van der Waals surface area contributed by atoms with Crippen molar-refractivity contribution in [3.8, 4) is 17.0 Å². The Morgan fingerprint density at radius 1 is 1.24 bits per heavy atom. The van der Waals surface area contributed by atoms with Crippen LogP contribution in [-0.2, 0) is 6.42 Å². The molecule has 150 valence electrons. The number of nitrogens with zero attached hydrogens (tertiary/aromatic N) is 2. The number of carbonyl (C=O) groups excluding carboxylic acids is 1. The van der Waals surface area contributed by atoms with Crippen molar-refractivity contribution >= 4 is 21.8 Å². The second-order valence-electron chi connectivity index (χ2n) is 7.19. The summed E-state index contributed by atoms with van der Waals surface area (Å²) in [5, 5.41) is 0. The molecule has 3 aromatic rings. The molecule has 1 saturated heterocycles. The highest BCUT2D eigenvalue weighted by atomic mass is 79.9. The fourth-order valence-corrected chi connectivity index (χ4v) is 4.19. The molecule has 0 bridgehead atoms. The van der Waals surface area contributed by atoms with E-state index >= 15 is 0 Å². The summed E-state index contributed by atoms with van der Waals surface area (Å²) in [6.45, 7) is 0.728. The lowest BCUT2D eigenvalue weighted by Crippen LogP contribution is -2.45. The molecule has 1 aliphatic rings. The quantitative estimate of drug-likeness (QED) is 0.521. The molecule has 1 aromatic heterocycles. The fourth-order valence-electron chi connectivity index (χ4n) is 3.83. The summed E-state index contributed by atoms with van der Waals surface area (Å²) in [4.78, 5) is 19.9. The average Bonchev–Trinajstić information content (AvgIpc) is 3.23. The van der Waals surface area contributed by atoms with Crippen LogP contribution >= 0.6 is 15.9 Å². The highest BCUT2D eigenvalue weighted by molar-refractivity contribution is 9.10. The van der Waals surface area contributed by atoms with E-state index in [1.165, 1.54) is 0 Å². The van der Waals surface area contributed by atoms with Gasteiger partial charge in [0, 0.05) is 29.0 Å². The minimum Gasteiger partial charge on any atom is -0.496 e. The molecule has 2 aromatic carbocycles. The van der Waals surface area contributed by atoms with Crippen molar-refractivity contribution in [1.82, 2.24) is 9.88 Å². The van der Waals surface area contributed by atoms with Crippen LogP contribution in [0.25, 0.3) is 11.3 Å². The first-order valence-electron chi connectivity index (χ1n) is 9.80. The van der Waals surface area contributed by atoms with E-state index in [-0.39, 0.29) is 11.9 Å². The van der Waals surface area contributed by atoms with Crippen molar-refractivity contribution < 1.29 is 13.9 Å². The number of amides is 1. The number of piperidine rings is 1. The van der Waals surface area contributed by atoms with E-state index in [4.69, 9.17) is 9.15 Å². The van der Waals surface area contributed by atoms with Crippen LogP contribution in [0.5, 0.6) is 5.75 Å². The third-order valence-corrected chi connectivity index (χ3v) is 5.80. The van der Waals surface area contributed by atoms with Gasteiger partial charge in [-0.3, -0.25) is 4.79 Å². The Kier molecular flexibility index (Phi) is 6.00. The Balaban J connectivity index is 1.55. The normalized spacial score (nSPS) is 16.6. The number of hydrogen-bond donors (Lipinski definition) is 0. The van der Waals surface area contributed by atoms with Gasteiger partial charge in [-0.25, -0.2) is 4.98 Å². The summed E-state index contributed by atoms with van der Waals surface area (Å²) in [6, 6.07) is 15.5. The molecule has 0 spiro atoms. The van der Waals surface area contributed by atoms with Gasteiger partial charge in [-0.05, 0) is 37.5 Å². The Hall–Kier alpha value is -2.60. The second kappa shape index (κ2) is 8.82. The van der Waals surface area contributed by atoms with Crippen molar-refractivity contribution in [2.75, 3.05) is 13.7 Å². The molecule has 1 fully saturated rings. The molecular formula is C23H23BrN2O3. The van der Waals surface area contributed by atoms with E-state index in [2.05, 4.69) is 20.9 Å². The van der Waals surface area contributed by atoms with E-state index in [9.17, 15) is 4.79 Å². The average molecular weight is 455 g/mol. The molecule has 4 rings (SSSR count). The number of hydrogen-bond acceptors (Lipinski definition) is 4. The van der Waals surface area contributed by atoms with Gasteiger partial charge in [0.05, 0.1) is 12.7 Å². The maximum atomic E-state index is 13.3. The minimum absolute atomic E-state index is 0.0114. The Labute approximate surface area is 178 Å². The number of carbonyl (C=O) groups is 1. The molecule has 5 nitrogen and oxygen atoms in total. The summed E-state index contributed by atoms with van der Waals surface area (Å²) in [5.74, 6) is 1.24. The smallest absolute Gasteiger partial charge is 0.257 e. The monoisotopic (exact) mass is 454 g/mol. The molecule has 1 unspecified atom stereocenters. The van der Waals surface area contributed by atoms with Gasteiger partial charge in [0.2, 0.25) is 0 Å². The first kappa shape index (κ1) is 19.7. The van der Waals surface area contributed by atoms with Crippen molar-refractivity contribution in [2.45, 2.75) is 31.7 Å². The topological polar surface area (TPSA) is 55.6 Å². The van der Waals surface area contributed by atoms with Gasteiger partial charge in [-0.2, -0.15) is 0 Å². The lowest BCUT2D eigenvalue weighted by Gasteiger charge is -2.35. The highest BCUT2D eigenvalue weighted by Crippen LogP contribution is 2.29. The zero-order valence-corrected chi connectivity index (χ0v) is 17.9. The van der Waals surface area contributed by atoms with Gasteiger partial charge in [-0.15, -0.1) is 0 Å². The van der Waals surface area contributed by atoms with Crippen LogP contribution in [0.4, 0.5) is 0 Å². The van der Waals surface area contributed by atoms with E-state index < -0.39 is 0 Å². The zero-order valence-electron chi connectivity index (χ0n) is 16.3. The molecule has 6 heteroatoms. The van der Waals surface area contributed by atoms with Gasteiger partial charge in [0.25, 0.3) is 5.91 Å². The highest BCUT2D eigenvalue weighted by Gasteiger charge is 2.30. The summed E-state index contributed by atoms with van der Waals surface area (Å²) < 4.78 is 12.0. The number of ether oxygens (including phenoxy) is 1. The van der Waals surface area contributed by atoms with Crippen molar-refractivity contribution in [2.24, 2.45) is 0 Å². The Bertz CT molecular complexity index is 987. The lowest BCUT2D eigenvalue weighted by atomic mass is 9.98. The van der Waals surface area contributed by atoms with Crippen molar-refractivity contribution in [1.29, 1.82) is 0 Å². The van der Waals surface area contributed by atoms with E-state index in [0.29, 0.717) is 23.6 Å². The summed E-state index contributed by atoms with van der Waals surface area (Å²) in [5.41, 5.74) is 2.42. The number of rotatable bonds is 5. The number of oxazole rings is 1. The van der Waals surface area contributed by atoms with E-state index in [1.54, 1.807) is 13.4 Å². The molecule has 0 N–H and O–H groups in total. The minimum atomic E-state index is -0.0114. The van der Waals surface area contributed by atoms with Crippen LogP contribution in [0.15, 0.2) is 63.7 Å². The number of likely N-dealkylation sites (tertiary alicyclic amines) is 1. The molecule has 1 atom stereocenters. The van der Waals surface area contributed by atoms with Gasteiger partial charge >= 0.3 is 0 Å². The van der Waals surface area contributed by atoms with Gasteiger partial charge in [-0.1, -0.05) is 46.3 Å². The first-order chi connectivity index (χ1) is 14.2. The number of aromatic nitrogens is 1. The molecule has 1 aliphatic heterocycles. The maximum Gasteiger partial charge on any atom is 0.257 e. The van der Waals surface area contributed by atoms with Gasteiger partial charge in [0.15, 0.2) is 5.89 Å². The van der Waals surface area contributed by atoms with Crippen LogP contribution in [0, 0.1) is 0 Å². The van der Waals surface area contributed by atoms with Crippen LogP contribution in [-0.4, -0.2) is 35.5 Å². The van der Waals surface area contributed by atoms with Crippen molar-refractivity contribution in [3.05, 3.63) is 70.7 Å². The Morgan fingerprint density at radius 2 is 2.07 bits per heavy atom. The van der Waals surface area contributed by atoms with Crippen molar-refractivity contribution in [3.63, 3.8) is 0 Å². The molecule has 0 aliphatic carbocycles. The summed E-state index contributed by atoms with van der Waals surface area (Å²) >= 11 is 3.46. The SMILES string of the molecule is COc1ccc(Br)cc1C(=O)N1CCCCC1Cc1nc(-c2ccccc2)co1. The molecule has 2 heterocycles. The van der Waals surface area contributed by atoms with Gasteiger partial charge in [0.1, 0.15) is 17.7 Å². The molecule has 29 heavy (non-hydrogen) atoms. The lowest BCUT2D eigenvalue weighted by molar-refractivity contribution is 0.0602. The Morgan fingerprint density at radius 3 is 2.86 bits per heavy atom. The zero-order chi connectivity index (χ0) is 20.2. The second-order valence-corrected chi connectivity index (χ2v) is 8.11. The standard InChI is InChI=1S/C23H23BrN2O3/c1-28-21-11-10-17(24)13-19(21)23(27)26-12-6-5-9-18(26)14-22-25-20(15-29-22)16-7-3-2-4-8-16/h2-4,7-8,10-11,13,15,18H,5-6,9,12,14H2,1H3. The van der Waals surface area contributed by atoms with Gasteiger partial charge < -0.3 is 14.1 Å². The summed E-state index contributed by atoms with van der Waals surface area (Å²) in [7, 11) is 1.59. The third kappa shape index (κ3) is 4.37. The number of methoxy groups -OCH3 is 1. The number of benzene rings is 2. The van der Waals surface area contributed by atoms with Crippen LogP contribution in [0.3, 0.4) is 0 Å². The predicted octanol–water partition coefficient (Wildman–Crippen LogP) is 5.35. The molecule has 1 amide bonds. The largest absolute Gasteiger partial charge is 0.496 e. The van der Waals surface area contributed by atoms with Crippen LogP contribution in [0.1, 0.15) is 35.5 Å². The molecule has 0 saturated carbocycles. The summed E-state index contributed by atoms with van der Waals surface area (Å²) in [6.07, 6.45) is 5.33. The van der Waals surface area contributed by atoms with Crippen LogP contribution in [0.2, 0.25) is 0 Å². The predicted molar refractivity (Wildman–Crippen MR) is 115 cm³/mol. The molecule has 0 radical (unpaired) electrons. The van der Waals surface area contributed by atoms with Crippen LogP contribution < -0.4 is 4.74 Å². The fraction of sp³-hybridized carbons (Fsp3) is 0.304. The molecular weight excluding hydrogens is 432 g/mol. The van der Waals surface area contributed by atoms with E-state index in [0.717, 1.165) is 41.5 Å². The maximum absolute atomic E-state index is 13.3.